The summed E-state index contributed by atoms with van der Waals surface area (Å²) in [5.41, 5.74) is 3.38. The second-order valence-corrected chi connectivity index (χ2v) is 3.67. The molecule has 5 nitrogen and oxygen atoms in total. The largest absolute Gasteiger partial charge is 0.352 e. The van der Waals surface area contributed by atoms with Gasteiger partial charge in [-0.3, -0.25) is 15.1 Å². The van der Waals surface area contributed by atoms with Gasteiger partial charge in [0.05, 0.1) is 12.6 Å². The van der Waals surface area contributed by atoms with Gasteiger partial charge in [0.15, 0.2) is 0 Å². The van der Waals surface area contributed by atoms with Gasteiger partial charge >= 0.3 is 0 Å². The first-order valence-corrected chi connectivity index (χ1v) is 5.24. The van der Waals surface area contributed by atoms with Gasteiger partial charge in [-0.2, -0.15) is 0 Å². The van der Waals surface area contributed by atoms with Gasteiger partial charge in [-0.1, -0.05) is 6.58 Å². The summed E-state index contributed by atoms with van der Waals surface area (Å²) in [7, 11) is 0. The smallest absolute Gasteiger partial charge is 0.237 e. The number of carbonyl (C=O) groups excluding carboxylic acids is 1. The maximum atomic E-state index is 11.5. The van der Waals surface area contributed by atoms with E-state index < -0.39 is 0 Å². The number of rotatable bonds is 6. The fourth-order valence-electron chi connectivity index (χ4n) is 1.43. The summed E-state index contributed by atoms with van der Waals surface area (Å²) >= 11 is 0. The van der Waals surface area contributed by atoms with Crippen LogP contribution in [0.1, 0.15) is 19.8 Å². The Bertz CT molecular complexity index is 225. The Morgan fingerprint density at radius 1 is 1.67 bits per heavy atom. The Morgan fingerprint density at radius 3 is 3.07 bits per heavy atom. The van der Waals surface area contributed by atoms with Crippen LogP contribution < -0.4 is 16.1 Å². The highest BCUT2D eigenvalue weighted by Gasteiger charge is 2.20. The van der Waals surface area contributed by atoms with Gasteiger partial charge in [-0.25, -0.2) is 0 Å². The maximum absolute atomic E-state index is 11.5. The molecule has 5 heteroatoms. The maximum Gasteiger partial charge on any atom is 0.237 e. The summed E-state index contributed by atoms with van der Waals surface area (Å²) in [6, 6.07) is -0.0147. The van der Waals surface area contributed by atoms with Crippen LogP contribution in [-0.4, -0.2) is 31.6 Å². The third-order valence-corrected chi connectivity index (χ3v) is 2.13. The van der Waals surface area contributed by atoms with Gasteiger partial charge in [-0.05, 0) is 26.3 Å². The minimum absolute atomic E-state index is 0.0147. The SMILES string of the molecule is C=C(C)NOCCNC(=O)[C@@H]1CCCN1. The Kier molecular flexibility index (Phi) is 5.14. The molecule has 0 unspecified atom stereocenters. The van der Waals surface area contributed by atoms with E-state index in [0.29, 0.717) is 13.2 Å². The molecule has 3 N–H and O–H groups in total. The van der Waals surface area contributed by atoms with Crippen LogP contribution in [0.5, 0.6) is 0 Å². The molecular weight excluding hydrogens is 194 g/mol. The number of carbonyl (C=O) groups is 1. The second-order valence-electron chi connectivity index (χ2n) is 3.67. The zero-order valence-electron chi connectivity index (χ0n) is 9.14. The summed E-state index contributed by atoms with van der Waals surface area (Å²) in [5, 5.41) is 5.94. The van der Waals surface area contributed by atoms with Crippen molar-refractivity contribution in [1.82, 2.24) is 16.1 Å². The fraction of sp³-hybridized carbons (Fsp3) is 0.700. The highest BCUT2D eigenvalue weighted by molar-refractivity contribution is 5.81. The van der Waals surface area contributed by atoms with E-state index >= 15 is 0 Å². The summed E-state index contributed by atoms with van der Waals surface area (Å²) in [6.45, 7) is 7.31. The molecule has 0 bridgehead atoms. The predicted molar refractivity (Wildman–Crippen MR) is 57.9 cm³/mol. The van der Waals surface area contributed by atoms with Gasteiger partial charge in [0.2, 0.25) is 5.91 Å². The minimum atomic E-state index is -0.0147. The summed E-state index contributed by atoms with van der Waals surface area (Å²) in [6.07, 6.45) is 2.00. The molecule has 15 heavy (non-hydrogen) atoms. The van der Waals surface area contributed by atoms with Crippen LogP contribution in [0.4, 0.5) is 0 Å². The number of amides is 1. The number of allylic oxidation sites excluding steroid dienone is 1. The van der Waals surface area contributed by atoms with E-state index in [1.54, 1.807) is 6.92 Å². The van der Waals surface area contributed by atoms with Crippen molar-refractivity contribution in [2.75, 3.05) is 19.7 Å². The van der Waals surface area contributed by atoms with Crippen molar-refractivity contribution in [3.8, 4) is 0 Å². The molecule has 0 aromatic rings. The lowest BCUT2D eigenvalue weighted by Gasteiger charge is -2.11. The van der Waals surface area contributed by atoms with Crippen LogP contribution in [0, 0.1) is 0 Å². The highest BCUT2D eigenvalue weighted by Crippen LogP contribution is 2.03. The molecule has 1 heterocycles. The van der Waals surface area contributed by atoms with Crippen molar-refractivity contribution in [3.05, 3.63) is 12.3 Å². The second kappa shape index (κ2) is 6.42. The molecule has 0 radical (unpaired) electrons. The number of hydroxylamine groups is 1. The zero-order valence-corrected chi connectivity index (χ0v) is 9.14. The zero-order chi connectivity index (χ0) is 11.1. The minimum Gasteiger partial charge on any atom is -0.352 e. The lowest BCUT2D eigenvalue weighted by molar-refractivity contribution is -0.123. The molecule has 0 aromatic carbocycles. The summed E-state index contributed by atoms with van der Waals surface area (Å²) < 4.78 is 0. The van der Waals surface area contributed by atoms with E-state index in [0.717, 1.165) is 25.1 Å². The summed E-state index contributed by atoms with van der Waals surface area (Å²) in [5.74, 6) is 0.0615. The molecule has 1 rings (SSSR count). The normalized spacial score (nSPS) is 19.9. The van der Waals surface area contributed by atoms with Crippen LogP contribution in [0.2, 0.25) is 0 Å². The molecule has 0 saturated carbocycles. The molecule has 1 atom stereocenters. The van der Waals surface area contributed by atoms with E-state index in [9.17, 15) is 4.79 Å². The first kappa shape index (κ1) is 12.0. The molecule has 1 saturated heterocycles. The van der Waals surface area contributed by atoms with Crippen molar-refractivity contribution < 1.29 is 9.63 Å². The fourth-order valence-corrected chi connectivity index (χ4v) is 1.43. The van der Waals surface area contributed by atoms with E-state index in [1.165, 1.54) is 0 Å². The highest BCUT2D eigenvalue weighted by atomic mass is 16.6. The van der Waals surface area contributed by atoms with Gasteiger partial charge in [0.1, 0.15) is 0 Å². The van der Waals surface area contributed by atoms with E-state index in [2.05, 4.69) is 22.7 Å². The van der Waals surface area contributed by atoms with Crippen LogP contribution >= 0.6 is 0 Å². The lowest BCUT2D eigenvalue weighted by Crippen LogP contribution is -2.41. The Hall–Kier alpha value is -1.07. The molecule has 1 amide bonds. The standard InChI is InChI=1S/C10H19N3O2/c1-8(2)13-15-7-6-12-10(14)9-4-3-5-11-9/h9,11,13H,1,3-7H2,2H3,(H,12,14)/t9-/m0/s1. The van der Waals surface area contributed by atoms with E-state index in [1.807, 2.05) is 0 Å². The van der Waals surface area contributed by atoms with Crippen LogP contribution in [0.15, 0.2) is 12.3 Å². The molecule has 86 valence electrons. The summed E-state index contributed by atoms with van der Waals surface area (Å²) in [4.78, 5) is 16.5. The van der Waals surface area contributed by atoms with Crippen LogP contribution in [0.3, 0.4) is 0 Å². The molecule has 1 aliphatic rings. The van der Waals surface area contributed by atoms with Gasteiger partial charge < -0.3 is 10.6 Å². The molecule has 1 aliphatic heterocycles. The van der Waals surface area contributed by atoms with Crippen molar-refractivity contribution in [3.63, 3.8) is 0 Å². The van der Waals surface area contributed by atoms with E-state index in [4.69, 9.17) is 4.84 Å². The number of nitrogens with one attached hydrogen (secondary N) is 3. The first-order valence-electron chi connectivity index (χ1n) is 5.24. The van der Waals surface area contributed by atoms with Crippen molar-refractivity contribution in [1.29, 1.82) is 0 Å². The van der Waals surface area contributed by atoms with Crippen LogP contribution in [0.25, 0.3) is 0 Å². The van der Waals surface area contributed by atoms with Crippen molar-refractivity contribution in [2.45, 2.75) is 25.8 Å². The molecule has 1 fully saturated rings. The number of hydrogen-bond acceptors (Lipinski definition) is 4. The molecule has 0 aliphatic carbocycles. The van der Waals surface area contributed by atoms with Gasteiger partial charge in [-0.15, -0.1) is 0 Å². The first-order chi connectivity index (χ1) is 7.20. The van der Waals surface area contributed by atoms with Crippen LogP contribution in [-0.2, 0) is 9.63 Å². The average Bonchev–Trinajstić information content (AvgIpc) is 2.69. The van der Waals surface area contributed by atoms with Gasteiger partial charge in [0.25, 0.3) is 0 Å². The topological polar surface area (TPSA) is 62.4 Å². The Morgan fingerprint density at radius 2 is 2.47 bits per heavy atom. The Labute approximate surface area is 90.2 Å². The quantitative estimate of drug-likeness (QED) is 0.426. The third-order valence-electron chi connectivity index (χ3n) is 2.13. The molecule has 0 aromatic heterocycles. The van der Waals surface area contributed by atoms with Crippen molar-refractivity contribution >= 4 is 5.91 Å². The molecular formula is C10H19N3O2. The lowest BCUT2D eigenvalue weighted by atomic mass is 10.2. The third kappa shape index (κ3) is 4.80. The van der Waals surface area contributed by atoms with Crippen molar-refractivity contribution in [2.24, 2.45) is 0 Å². The average molecular weight is 213 g/mol. The van der Waals surface area contributed by atoms with E-state index in [-0.39, 0.29) is 11.9 Å². The molecule has 0 spiro atoms. The monoisotopic (exact) mass is 213 g/mol. The van der Waals surface area contributed by atoms with Gasteiger partial charge in [0, 0.05) is 12.2 Å². The Balaban J connectivity index is 1.99. The predicted octanol–water partition coefficient (Wildman–Crippen LogP) is -0.0906. The number of hydrogen-bond donors (Lipinski definition) is 3.